The lowest BCUT2D eigenvalue weighted by Crippen LogP contribution is -2.33. The Labute approximate surface area is 158 Å². The van der Waals surface area contributed by atoms with Crippen molar-refractivity contribution in [1.82, 2.24) is 5.32 Å². The van der Waals surface area contributed by atoms with Gasteiger partial charge in [-0.2, -0.15) is 0 Å². The first-order chi connectivity index (χ1) is 11.5. The second-order valence-electron chi connectivity index (χ2n) is 5.11. The maximum Gasteiger partial charge on any atom is 0.269 e. The summed E-state index contributed by atoms with van der Waals surface area (Å²) in [5, 5.41) is 7.70. The molecule has 0 aliphatic rings. The molecular formula is C17H12Cl2N2OS2. The van der Waals surface area contributed by atoms with Crippen LogP contribution in [0.1, 0.15) is 15.2 Å². The average Bonchev–Trinajstić information content (AvgIpc) is 2.88. The molecule has 0 unspecified atom stereocenters. The molecule has 0 aliphatic carbocycles. The molecule has 2 N–H and O–H groups in total. The normalized spacial score (nSPS) is 10.6. The zero-order valence-electron chi connectivity index (χ0n) is 12.5. The van der Waals surface area contributed by atoms with Gasteiger partial charge in [-0.3, -0.25) is 10.1 Å². The van der Waals surface area contributed by atoms with Gasteiger partial charge < -0.3 is 5.32 Å². The molecule has 7 heteroatoms. The highest BCUT2D eigenvalue weighted by atomic mass is 35.5. The molecule has 1 heterocycles. The molecule has 3 nitrogen and oxygen atoms in total. The quantitative estimate of drug-likeness (QED) is 0.552. The molecular weight excluding hydrogens is 383 g/mol. The van der Waals surface area contributed by atoms with Gasteiger partial charge in [0.05, 0.1) is 5.02 Å². The number of anilines is 1. The highest BCUT2D eigenvalue weighted by Crippen LogP contribution is 2.35. The summed E-state index contributed by atoms with van der Waals surface area (Å²) < 4.78 is 0.955. The second kappa shape index (κ2) is 7.07. The first-order valence-corrected chi connectivity index (χ1v) is 8.99. The van der Waals surface area contributed by atoms with Gasteiger partial charge in [0, 0.05) is 20.8 Å². The van der Waals surface area contributed by atoms with Crippen LogP contribution in [-0.2, 0) is 0 Å². The van der Waals surface area contributed by atoms with Crippen molar-refractivity contribution in [1.29, 1.82) is 0 Å². The lowest BCUT2D eigenvalue weighted by atomic mass is 10.2. The molecule has 0 saturated heterocycles. The van der Waals surface area contributed by atoms with E-state index in [1.807, 2.05) is 43.3 Å². The van der Waals surface area contributed by atoms with Gasteiger partial charge in [-0.1, -0.05) is 47.5 Å². The Bertz CT molecular complexity index is 953. The molecule has 0 fully saturated rings. The van der Waals surface area contributed by atoms with Crippen molar-refractivity contribution < 1.29 is 4.79 Å². The molecule has 0 radical (unpaired) electrons. The van der Waals surface area contributed by atoms with Crippen LogP contribution in [0.5, 0.6) is 0 Å². The number of carbonyl (C=O) groups excluding carboxylic acids is 1. The van der Waals surface area contributed by atoms with Crippen LogP contribution in [0.25, 0.3) is 10.1 Å². The Hall–Kier alpha value is -1.66. The topological polar surface area (TPSA) is 41.1 Å². The Balaban J connectivity index is 1.74. The van der Waals surface area contributed by atoms with Gasteiger partial charge in [-0.25, -0.2) is 0 Å². The molecule has 3 aromatic rings. The van der Waals surface area contributed by atoms with Crippen LogP contribution in [0.2, 0.25) is 10.0 Å². The fourth-order valence-electron chi connectivity index (χ4n) is 2.15. The Morgan fingerprint density at radius 3 is 2.62 bits per heavy atom. The summed E-state index contributed by atoms with van der Waals surface area (Å²) in [7, 11) is 0. The van der Waals surface area contributed by atoms with E-state index in [2.05, 4.69) is 10.6 Å². The van der Waals surface area contributed by atoms with Gasteiger partial charge in [0.2, 0.25) is 0 Å². The molecule has 0 aliphatic heterocycles. The third-order valence-electron chi connectivity index (χ3n) is 3.40. The maximum absolute atomic E-state index is 12.4. The van der Waals surface area contributed by atoms with Crippen molar-refractivity contribution in [3.8, 4) is 0 Å². The largest absolute Gasteiger partial charge is 0.332 e. The summed E-state index contributed by atoms with van der Waals surface area (Å²) in [6, 6.07) is 13.1. The predicted molar refractivity (Wildman–Crippen MR) is 107 cm³/mol. The van der Waals surface area contributed by atoms with Crippen molar-refractivity contribution in [2.45, 2.75) is 6.92 Å². The zero-order chi connectivity index (χ0) is 17.3. The van der Waals surface area contributed by atoms with Gasteiger partial charge in [0.15, 0.2) is 5.11 Å². The second-order valence-corrected chi connectivity index (χ2v) is 7.36. The number of thiocarbonyl (C=S) groups is 1. The standard InChI is InChI=1S/C17H12Cl2N2OS2/c1-9-6-7-10(8-12(9)18)20-17(23)21-16(22)15-14(19)11-4-2-3-5-13(11)24-15/h2-8H,1H3,(H2,20,21,22,23). The van der Waals surface area contributed by atoms with E-state index in [1.54, 1.807) is 6.07 Å². The molecule has 0 saturated carbocycles. The number of thiophene rings is 1. The molecule has 0 spiro atoms. The van der Waals surface area contributed by atoms with E-state index in [9.17, 15) is 4.79 Å². The number of fused-ring (bicyclic) bond motifs is 1. The fourth-order valence-corrected chi connectivity index (χ4v) is 3.96. The fraction of sp³-hybridized carbons (Fsp3) is 0.0588. The van der Waals surface area contributed by atoms with E-state index in [-0.39, 0.29) is 11.0 Å². The summed E-state index contributed by atoms with van der Waals surface area (Å²) in [6.07, 6.45) is 0. The molecule has 122 valence electrons. The molecule has 24 heavy (non-hydrogen) atoms. The van der Waals surface area contributed by atoms with Crippen LogP contribution < -0.4 is 10.6 Å². The highest BCUT2D eigenvalue weighted by Gasteiger charge is 2.17. The minimum atomic E-state index is -0.336. The number of carbonyl (C=O) groups is 1. The number of rotatable bonds is 2. The van der Waals surface area contributed by atoms with Crippen LogP contribution in [0, 0.1) is 6.92 Å². The number of hydrogen-bond donors (Lipinski definition) is 2. The van der Waals surface area contributed by atoms with Crippen LogP contribution >= 0.6 is 46.8 Å². The molecule has 1 amide bonds. The van der Waals surface area contributed by atoms with Crippen LogP contribution in [0.3, 0.4) is 0 Å². The highest BCUT2D eigenvalue weighted by molar-refractivity contribution is 7.80. The SMILES string of the molecule is Cc1ccc(NC(=S)NC(=O)c2sc3ccccc3c2Cl)cc1Cl. The number of aryl methyl sites for hydroxylation is 1. The van der Waals surface area contributed by atoms with Gasteiger partial charge >= 0.3 is 0 Å². The third kappa shape index (κ3) is 3.54. The van der Waals surface area contributed by atoms with E-state index in [0.717, 1.165) is 15.6 Å². The number of benzene rings is 2. The number of halogens is 2. The predicted octanol–water partition coefficient (Wildman–Crippen LogP) is 5.64. The van der Waals surface area contributed by atoms with Crippen molar-refractivity contribution in [3.63, 3.8) is 0 Å². The Morgan fingerprint density at radius 2 is 1.92 bits per heavy atom. The molecule has 1 aromatic heterocycles. The van der Waals surface area contributed by atoms with Gasteiger partial charge in [0.25, 0.3) is 5.91 Å². The van der Waals surface area contributed by atoms with Crippen molar-refractivity contribution in [3.05, 3.63) is 63.0 Å². The van der Waals surface area contributed by atoms with E-state index < -0.39 is 0 Å². The first-order valence-electron chi connectivity index (χ1n) is 7.01. The lowest BCUT2D eigenvalue weighted by molar-refractivity contribution is 0.0982. The molecule has 2 aromatic carbocycles. The zero-order valence-corrected chi connectivity index (χ0v) is 15.7. The monoisotopic (exact) mass is 394 g/mol. The van der Waals surface area contributed by atoms with Gasteiger partial charge in [-0.15, -0.1) is 11.3 Å². The minimum Gasteiger partial charge on any atom is -0.332 e. The maximum atomic E-state index is 12.4. The van der Waals surface area contributed by atoms with Crippen molar-refractivity contribution in [2.75, 3.05) is 5.32 Å². The van der Waals surface area contributed by atoms with Crippen molar-refractivity contribution in [2.24, 2.45) is 0 Å². The average molecular weight is 395 g/mol. The van der Waals surface area contributed by atoms with Crippen LogP contribution in [-0.4, -0.2) is 11.0 Å². The van der Waals surface area contributed by atoms with E-state index >= 15 is 0 Å². The number of amides is 1. The van der Waals surface area contributed by atoms with Crippen LogP contribution in [0.15, 0.2) is 42.5 Å². The van der Waals surface area contributed by atoms with E-state index in [0.29, 0.717) is 20.6 Å². The Morgan fingerprint density at radius 1 is 1.17 bits per heavy atom. The molecule has 0 bridgehead atoms. The summed E-state index contributed by atoms with van der Waals surface area (Å²) in [5.74, 6) is -0.336. The summed E-state index contributed by atoms with van der Waals surface area (Å²) >= 11 is 18.9. The molecule has 0 atom stereocenters. The number of hydrogen-bond acceptors (Lipinski definition) is 3. The summed E-state index contributed by atoms with van der Waals surface area (Å²) in [6.45, 7) is 1.91. The summed E-state index contributed by atoms with van der Waals surface area (Å²) in [4.78, 5) is 12.9. The van der Waals surface area contributed by atoms with Gasteiger partial charge in [-0.05, 0) is 42.9 Å². The molecule has 3 rings (SSSR count). The first kappa shape index (κ1) is 17.2. The third-order valence-corrected chi connectivity index (χ3v) is 5.68. The minimum absolute atomic E-state index is 0.188. The van der Waals surface area contributed by atoms with E-state index in [1.165, 1.54) is 11.3 Å². The summed E-state index contributed by atoms with van der Waals surface area (Å²) in [5.41, 5.74) is 1.67. The smallest absolute Gasteiger partial charge is 0.269 e. The van der Waals surface area contributed by atoms with Gasteiger partial charge in [0.1, 0.15) is 4.88 Å². The van der Waals surface area contributed by atoms with Crippen molar-refractivity contribution >= 4 is 73.5 Å². The van der Waals surface area contributed by atoms with Crippen LogP contribution in [0.4, 0.5) is 5.69 Å². The lowest BCUT2D eigenvalue weighted by Gasteiger charge is -2.10. The van der Waals surface area contributed by atoms with E-state index in [4.69, 9.17) is 35.4 Å². The number of nitrogens with one attached hydrogen (secondary N) is 2. The Kier molecular flexibility index (Phi) is 5.06.